The number of hydrogen-bond donors (Lipinski definition) is 3. The number of rotatable bonds is 6. The van der Waals surface area contributed by atoms with Crippen molar-refractivity contribution in [3.8, 4) is 11.6 Å². The average molecular weight is 450 g/mol. The summed E-state index contributed by atoms with van der Waals surface area (Å²) in [6, 6.07) is 7.94. The van der Waals surface area contributed by atoms with Crippen LogP contribution in [0.4, 0.5) is 11.4 Å². The average Bonchev–Trinajstić information content (AvgIpc) is 3.21. The molecule has 1 fully saturated rings. The molecule has 33 heavy (non-hydrogen) atoms. The topological polar surface area (TPSA) is 131 Å². The number of aromatic nitrogens is 4. The van der Waals surface area contributed by atoms with E-state index in [1.54, 1.807) is 25.1 Å². The summed E-state index contributed by atoms with van der Waals surface area (Å²) < 4.78 is 6.85. The summed E-state index contributed by atoms with van der Waals surface area (Å²) in [7, 11) is 1.53. The number of carbonyl (C=O) groups excluding carboxylic acids is 2. The van der Waals surface area contributed by atoms with E-state index in [4.69, 9.17) is 4.74 Å². The molecule has 0 spiro atoms. The normalized spacial score (nSPS) is 14.0. The number of hydrogen-bond acceptors (Lipinski definition) is 6. The predicted molar refractivity (Wildman–Crippen MR) is 123 cm³/mol. The Morgan fingerprint density at radius 1 is 1.12 bits per heavy atom. The van der Waals surface area contributed by atoms with E-state index >= 15 is 0 Å². The molecule has 2 aromatic heterocycles. The first-order valence-electron chi connectivity index (χ1n) is 10.9. The Hall–Kier alpha value is -3.95. The quantitative estimate of drug-likeness (QED) is 0.529. The van der Waals surface area contributed by atoms with Gasteiger partial charge < -0.3 is 15.4 Å². The van der Waals surface area contributed by atoms with Crippen molar-refractivity contribution in [3.63, 3.8) is 0 Å². The molecule has 0 aliphatic heterocycles. The Balaban J connectivity index is 1.51. The van der Waals surface area contributed by atoms with Crippen LogP contribution < -0.4 is 20.9 Å². The molecule has 3 N–H and O–H groups in total. The summed E-state index contributed by atoms with van der Waals surface area (Å²) in [5.74, 6) is 0.519. The van der Waals surface area contributed by atoms with Gasteiger partial charge in [0.2, 0.25) is 5.91 Å². The third-order valence-corrected chi connectivity index (χ3v) is 5.83. The van der Waals surface area contributed by atoms with Crippen LogP contribution in [0.1, 0.15) is 48.2 Å². The first kappa shape index (κ1) is 22.3. The first-order chi connectivity index (χ1) is 16.0. The zero-order valence-electron chi connectivity index (χ0n) is 18.6. The van der Waals surface area contributed by atoms with E-state index in [1.165, 1.54) is 36.5 Å². The summed E-state index contributed by atoms with van der Waals surface area (Å²) in [5.41, 5.74) is 1.61. The third-order valence-electron chi connectivity index (χ3n) is 5.83. The molecule has 0 saturated heterocycles. The van der Waals surface area contributed by atoms with Crippen LogP contribution >= 0.6 is 0 Å². The number of aromatic amines is 1. The van der Waals surface area contributed by atoms with Crippen LogP contribution in [-0.4, -0.2) is 38.9 Å². The van der Waals surface area contributed by atoms with Crippen molar-refractivity contribution in [1.82, 2.24) is 20.0 Å². The number of nitrogens with one attached hydrogen (secondary N) is 3. The molecule has 1 aliphatic rings. The van der Waals surface area contributed by atoms with Crippen molar-refractivity contribution < 1.29 is 14.3 Å². The van der Waals surface area contributed by atoms with E-state index in [9.17, 15) is 14.4 Å². The molecule has 3 aromatic rings. The Morgan fingerprint density at radius 2 is 1.91 bits per heavy atom. The van der Waals surface area contributed by atoms with Crippen molar-refractivity contribution in [3.05, 3.63) is 58.1 Å². The smallest absolute Gasteiger partial charge is 0.264 e. The summed E-state index contributed by atoms with van der Waals surface area (Å²) in [4.78, 5) is 36.8. The molecular weight excluding hydrogens is 424 g/mol. The maximum absolute atomic E-state index is 12.9. The molecule has 1 aliphatic carbocycles. The van der Waals surface area contributed by atoms with Crippen molar-refractivity contribution in [1.29, 1.82) is 0 Å². The van der Waals surface area contributed by atoms with Gasteiger partial charge in [0.05, 0.1) is 30.3 Å². The van der Waals surface area contributed by atoms with E-state index in [0.29, 0.717) is 34.2 Å². The van der Waals surface area contributed by atoms with E-state index in [-0.39, 0.29) is 23.3 Å². The molecule has 172 valence electrons. The summed E-state index contributed by atoms with van der Waals surface area (Å²) >= 11 is 0. The van der Waals surface area contributed by atoms with Gasteiger partial charge in [-0.1, -0.05) is 19.3 Å². The zero-order valence-corrected chi connectivity index (χ0v) is 18.6. The van der Waals surface area contributed by atoms with Gasteiger partial charge in [-0.3, -0.25) is 14.4 Å². The highest BCUT2D eigenvalue weighted by Gasteiger charge is 2.22. The highest BCUT2D eigenvalue weighted by molar-refractivity contribution is 6.05. The minimum absolute atomic E-state index is 0.00303. The second kappa shape index (κ2) is 9.68. The van der Waals surface area contributed by atoms with Gasteiger partial charge in [0.25, 0.3) is 11.5 Å². The lowest BCUT2D eigenvalue weighted by molar-refractivity contribution is -0.120. The number of anilines is 2. The minimum atomic E-state index is -0.363. The van der Waals surface area contributed by atoms with Gasteiger partial charge in [-0.05, 0) is 44.0 Å². The largest absolute Gasteiger partial charge is 0.495 e. The van der Waals surface area contributed by atoms with Gasteiger partial charge in [-0.15, -0.1) is 0 Å². The van der Waals surface area contributed by atoms with Crippen LogP contribution in [0.25, 0.3) is 5.82 Å². The molecule has 4 rings (SSSR count). The Morgan fingerprint density at radius 3 is 2.61 bits per heavy atom. The van der Waals surface area contributed by atoms with Crippen LogP contribution in [0.5, 0.6) is 5.75 Å². The molecule has 2 amide bonds. The monoisotopic (exact) mass is 450 g/mol. The molecular formula is C23H26N6O4. The highest BCUT2D eigenvalue weighted by atomic mass is 16.5. The lowest BCUT2D eigenvalue weighted by atomic mass is 9.88. The zero-order chi connectivity index (χ0) is 23.4. The number of carbonyl (C=O) groups is 2. The maximum Gasteiger partial charge on any atom is 0.264 e. The molecule has 0 unspecified atom stereocenters. The minimum Gasteiger partial charge on any atom is -0.495 e. The third kappa shape index (κ3) is 4.94. The van der Waals surface area contributed by atoms with Crippen LogP contribution in [0.3, 0.4) is 0 Å². The summed E-state index contributed by atoms with van der Waals surface area (Å²) in [6.07, 6.45) is 6.51. The molecule has 0 bridgehead atoms. The number of ether oxygens (including phenoxy) is 1. The molecule has 1 saturated carbocycles. The Bertz CT molecular complexity index is 1210. The SMILES string of the molecule is COc1ccc(NC(=O)c2cnn(-c3ccc(=O)[nH]n3)c2C)cc1NC(=O)C1CCCCC1. The lowest BCUT2D eigenvalue weighted by Gasteiger charge is -2.21. The van der Waals surface area contributed by atoms with E-state index in [0.717, 1.165) is 25.7 Å². The second-order valence-electron chi connectivity index (χ2n) is 8.03. The van der Waals surface area contributed by atoms with Crippen molar-refractivity contribution in [2.24, 2.45) is 5.92 Å². The highest BCUT2D eigenvalue weighted by Crippen LogP contribution is 2.31. The van der Waals surface area contributed by atoms with Crippen LogP contribution in [-0.2, 0) is 4.79 Å². The van der Waals surface area contributed by atoms with E-state index in [1.807, 2.05) is 0 Å². The number of methoxy groups -OCH3 is 1. The maximum atomic E-state index is 12.9. The molecule has 10 heteroatoms. The fraction of sp³-hybridized carbons (Fsp3) is 0.348. The predicted octanol–water partition coefficient (Wildman–Crippen LogP) is 3.04. The fourth-order valence-electron chi connectivity index (χ4n) is 4.00. The number of amides is 2. The fourth-order valence-corrected chi connectivity index (χ4v) is 4.00. The Kier molecular flexibility index (Phi) is 6.53. The van der Waals surface area contributed by atoms with Gasteiger partial charge in [-0.25, -0.2) is 9.78 Å². The van der Waals surface area contributed by atoms with Crippen molar-refractivity contribution in [2.45, 2.75) is 39.0 Å². The van der Waals surface area contributed by atoms with E-state index < -0.39 is 0 Å². The second-order valence-corrected chi connectivity index (χ2v) is 8.03. The summed E-state index contributed by atoms with van der Waals surface area (Å²) in [5, 5.41) is 16.3. The standard InChI is InChI=1S/C23H26N6O4/c1-14-17(13-24-29(14)20-10-11-21(30)28-27-20)23(32)25-16-8-9-19(33-2)18(12-16)26-22(31)15-6-4-3-5-7-15/h8-13,15H,3-7H2,1-2H3,(H,25,32)(H,26,31)(H,28,30). The summed E-state index contributed by atoms with van der Waals surface area (Å²) in [6.45, 7) is 1.73. The van der Waals surface area contributed by atoms with Gasteiger partial charge >= 0.3 is 0 Å². The number of benzene rings is 1. The van der Waals surface area contributed by atoms with Gasteiger partial charge in [-0.2, -0.15) is 10.2 Å². The molecule has 10 nitrogen and oxygen atoms in total. The van der Waals surface area contributed by atoms with Crippen molar-refractivity contribution >= 4 is 23.2 Å². The number of nitrogens with zero attached hydrogens (tertiary/aromatic N) is 3. The molecule has 1 aromatic carbocycles. The first-order valence-corrected chi connectivity index (χ1v) is 10.9. The molecule has 0 atom stereocenters. The Labute approximate surface area is 190 Å². The van der Waals surface area contributed by atoms with Crippen molar-refractivity contribution in [2.75, 3.05) is 17.7 Å². The van der Waals surface area contributed by atoms with Gasteiger partial charge in [0.15, 0.2) is 5.82 Å². The van der Waals surface area contributed by atoms with Gasteiger partial charge in [0.1, 0.15) is 5.75 Å². The molecule has 0 radical (unpaired) electrons. The van der Waals surface area contributed by atoms with Crippen LogP contribution in [0.15, 0.2) is 41.3 Å². The van der Waals surface area contributed by atoms with Crippen LogP contribution in [0.2, 0.25) is 0 Å². The van der Waals surface area contributed by atoms with E-state index in [2.05, 4.69) is 25.9 Å². The van der Waals surface area contributed by atoms with Crippen LogP contribution in [0, 0.1) is 12.8 Å². The molecule has 2 heterocycles. The lowest BCUT2D eigenvalue weighted by Crippen LogP contribution is -2.25. The number of H-pyrrole nitrogens is 1. The van der Waals surface area contributed by atoms with Gasteiger partial charge in [0, 0.05) is 17.7 Å².